The Labute approximate surface area is 117 Å². The molecule has 0 radical (unpaired) electrons. The minimum atomic E-state index is -0.416. The van der Waals surface area contributed by atoms with Crippen molar-refractivity contribution in [3.63, 3.8) is 0 Å². The minimum Gasteiger partial charge on any atom is -0.484 e. The van der Waals surface area contributed by atoms with Crippen molar-refractivity contribution < 1.29 is 9.66 Å². The van der Waals surface area contributed by atoms with Gasteiger partial charge in [0.15, 0.2) is 5.75 Å². The van der Waals surface area contributed by atoms with E-state index in [-0.39, 0.29) is 17.2 Å². The van der Waals surface area contributed by atoms with Gasteiger partial charge in [-0.25, -0.2) is 0 Å². The molecule has 5 heteroatoms. The van der Waals surface area contributed by atoms with Crippen molar-refractivity contribution >= 4 is 17.3 Å². The number of hydrogen-bond acceptors (Lipinski definition) is 3. The van der Waals surface area contributed by atoms with Crippen molar-refractivity contribution in [2.75, 3.05) is 0 Å². The van der Waals surface area contributed by atoms with Crippen molar-refractivity contribution in [1.82, 2.24) is 0 Å². The summed E-state index contributed by atoms with van der Waals surface area (Å²) in [6.45, 7) is 3.70. The molecule has 1 atom stereocenters. The number of alkyl halides is 1. The zero-order valence-electron chi connectivity index (χ0n) is 11.1. The van der Waals surface area contributed by atoms with Crippen LogP contribution in [0.5, 0.6) is 5.75 Å². The second kappa shape index (κ2) is 5.78. The number of nitro groups is 1. The third kappa shape index (κ3) is 3.83. The van der Waals surface area contributed by atoms with Gasteiger partial charge in [-0.05, 0) is 50.7 Å². The number of benzene rings is 1. The van der Waals surface area contributed by atoms with Gasteiger partial charge in [0.25, 0.3) is 0 Å². The molecule has 0 amide bonds. The first-order chi connectivity index (χ1) is 8.97. The van der Waals surface area contributed by atoms with Crippen molar-refractivity contribution in [2.24, 2.45) is 5.92 Å². The maximum absolute atomic E-state index is 11.0. The monoisotopic (exact) mass is 283 g/mol. The second-order valence-corrected chi connectivity index (χ2v) is 5.84. The normalized spacial score (nSPS) is 16.4. The van der Waals surface area contributed by atoms with Gasteiger partial charge >= 0.3 is 5.69 Å². The largest absolute Gasteiger partial charge is 0.484 e. The van der Waals surface area contributed by atoms with Gasteiger partial charge in [-0.3, -0.25) is 10.1 Å². The molecule has 0 N–H and O–H groups in total. The standard InChI is InChI=1S/C14H18ClNO3/c1-9(2)19-14-8-10(3-6-13(14)16(17)18)7-12(15)11-4-5-11/h3,6,8-9,11-12H,4-5,7H2,1-2H3. The summed E-state index contributed by atoms with van der Waals surface area (Å²) < 4.78 is 5.52. The Bertz CT molecular complexity index is 472. The third-order valence-corrected chi connectivity index (χ3v) is 3.66. The van der Waals surface area contributed by atoms with E-state index in [1.807, 2.05) is 13.8 Å². The molecule has 1 aromatic rings. The van der Waals surface area contributed by atoms with E-state index < -0.39 is 4.92 Å². The summed E-state index contributed by atoms with van der Waals surface area (Å²) in [7, 11) is 0. The molecule has 19 heavy (non-hydrogen) atoms. The van der Waals surface area contributed by atoms with Crippen LogP contribution in [0.3, 0.4) is 0 Å². The maximum Gasteiger partial charge on any atom is 0.310 e. The van der Waals surface area contributed by atoms with Crippen molar-refractivity contribution in [1.29, 1.82) is 0 Å². The van der Waals surface area contributed by atoms with Crippen LogP contribution >= 0.6 is 11.6 Å². The quantitative estimate of drug-likeness (QED) is 0.451. The molecular weight excluding hydrogens is 266 g/mol. The summed E-state index contributed by atoms with van der Waals surface area (Å²) in [5.74, 6) is 0.934. The van der Waals surface area contributed by atoms with Crippen molar-refractivity contribution in [3.05, 3.63) is 33.9 Å². The Kier molecular flexibility index (Phi) is 4.30. The summed E-state index contributed by atoms with van der Waals surface area (Å²) in [5.41, 5.74) is 1.00. The first-order valence-corrected chi connectivity index (χ1v) is 6.99. The lowest BCUT2D eigenvalue weighted by molar-refractivity contribution is -0.386. The highest BCUT2D eigenvalue weighted by Crippen LogP contribution is 2.38. The zero-order valence-corrected chi connectivity index (χ0v) is 11.9. The number of hydrogen-bond donors (Lipinski definition) is 0. The molecule has 0 bridgehead atoms. The Morgan fingerprint density at radius 1 is 1.47 bits per heavy atom. The molecule has 1 aliphatic rings. The number of rotatable bonds is 6. The van der Waals surface area contributed by atoms with E-state index in [1.54, 1.807) is 12.1 Å². The van der Waals surface area contributed by atoms with Gasteiger partial charge in [0.1, 0.15) is 0 Å². The number of ether oxygens (including phenoxy) is 1. The zero-order chi connectivity index (χ0) is 14.0. The van der Waals surface area contributed by atoms with Crippen LogP contribution in [0.4, 0.5) is 5.69 Å². The van der Waals surface area contributed by atoms with E-state index in [9.17, 15) is 10.1 Å². The van der Waals surface area contributed by atoms with Gasteiger partial charge in [0, 0.05) is 11.4 Å². The van der Waals surface area contributed by atoms with Gasteiger partial charge < -0.3 is 4.74 Å². The van der Waals surface area contributed by atoms with Gasteiger partial charge in [0.05, 0.1) is 11.0 Å². The molecule has 0 aliphatic heterocycles. The highest BCUT2D eigenvalue weighted by Gasteiger charge is 2.30. The molecule has 4 nitrogen and oxygen atoms in total. The van der Waals surface area contributed by atoms with E-state index in [0.717, 1.165) is 12.0 Å². The predicted molar refractivity (Wildman–Crippen MR) is 74.9 cm³/mol. The van der Waals surface area contributed by atoms with Crippen LogP contribution in [0.25, 0.3) is 0 Å². The summed E-state index contributed by atoms with van der Waals surface area (Å²) in [6.07, 6.45) is 3.02. The fraction of sp³-hybridized carbons (Fsp3) is 0.571. The Morgan fingerprint density at radius 2 is 2.16 bits per heavy atom. The van der Waals surface area contributed by atoms with Gasteiger partial charge in [-0.2, -0.15) is 0 Å². The second-order valence-electron chi connectivity index (χ2n) is 5.28. The van der Waals surface area contributed by atoms with Crippen LogP contribution in [0.15, 0.2) is 18.2 Å². The number of nitro benzene ring substituents is 1. The number of halogens is 1. The molecule has 2 rings (SSSR count). The Balaban J connectivity index is 2.18. The fourth-order valence-corrected chi connectivity index (χ4v) is 2.46. The highest BCUT2D eigenvalue weighted by molar-refractivity contribution is 6.21. The van der Waals surface area contributed by atoms with Crippen molar-refractivity contribution in [2.45, 2.75) is 44.6 Å². The summed E-state index contributed by atoms with van der Waals surface area (Å²) in [4.78, 5) is 10.5. The molecule has 1 aromatic carbocycles. The molecule has 0 aromatic heterocycles. The fourth-order valence-electron chi connectivity index (χ4n) is 2.03. The average molecular weight is 284 g/mol. The van der Waals surface area contributed by atoms with E-state index in [1.165, 1.54) is 18.9 Å². The lowest BCUT2D eigenvalue weighted by Crippen LogP contribution is -2.09. The van der Waals surface area contributed by atoms with Crippen molar-refractivity contribution in [3.8, 4) is 5.75 Å². The minimum absolute atomic E-state index is 0.00925. The predicted octanol–water partition coefficient (Wildman–Crippen LogP) is 3.94. The summed E-state index contributed by atoms with van der Waals surface area (Å²) >= 11 is 6.30. The average Bonchev–Trinajstić information content (AvgIpc) is 3.11. The lowest BCUT2D eigenvalue weighted by Gasteiger charge is -2.13. The molecule has 1 fully saturated rings. The van der Waals surface area contributed by atoms with Crippen LogP contribution in [0, 0.1) is 16.0 Å². The molecule has 0 saturated heterocycles. The van der Waals surface area contributed by atoms with E-state index in [0.29, 0.717) is 11.7 Å². The van der Waals surface area contributed by atoms with E-state index in [2.05, 4.69) is 0 Å². The Hall–Kier alpha value is -1.29. The van der Waals surface area contributed by atoms with Gasteiger partial charge in [-0.1, -0.05) is 6.07 Å². The van der Waals surface area contributed by atoms with Crippen LogP contribution in [0.1, 0.15) is 32.3 Å². The molecule has 1 unspecified atom stereocenters. The maximum atomic E-state index is 11.0. The van der Waals surface area contributed by atoms with Gasteiger partial charge in [0.2, 0.25) is 0 Å². The Morgan fingerprint density at radius 3 is 2.68 bits per heavy atom. The molecule has 0 spiro atoms. The topological polar surface area (TPSA) is 52.4 Å². The van der Waals surface area contributed by atoms with Gasteiger partial charge in [-0.15, -0.1) is 11.6 Å². The highest BCUT2D eigenvalue weighted by atomic mass is 35.5. The molecular formula is C14H18ClNO3. The first kappa shape index (κ1) is 14.1. The van der Waals surface area contributed by atoms with E-state index in [4.69, 9.17) is 16.3 Å². The van der Waals surface area contributed by atoms with Crippen LogP contribution in [-0.2, 0) is 6.42 Å². The smallest absolute Gasteiger partial charge is 0.310 e. The molecule has 1 aliphatic carbocycles. The molecule has 104 valence electrons. The number of nitrogens with zero attached hydrogens (tertiary/aromatic N) is 1. The van der Waals surface area contributed by atoms with Crippen LogP contribution < -0.4 is 4.74 Å². The third-order valence-electron chi connectivity index (χ3n) is 3.15. The molecule has 0 heterocycles. The summed E-state index contributed by atoms with van der Waals surface area (Å²) in [6, 6.07) is 5.02. The summed E-state index contributed by atoms with van der Waals surface area (Å²) in [5, 5.41) is 11.1. The molecule has 1 saturated carbocycles. The van der Waals surface area contributed by atoms with Crippen LogP contribution in [-0.4, -0.2) is 16.4 Å². The lowest BCUT2D eigenvalue weighted by atomic mass is 10.1. The van der Waals surface area contributed by atoms with Crippen LogP contribution in [0.2, 0.25) is 0 Å². The first-order valence-electron chi connectivity index (χ1n) is 6.55. The SMILES string of the molecule is CC(C)Oc1cc(CC(Cl)C2CC2)ccc1[N+](=O)[O-]. The van der Waals surface area contributed by atoms with E-state index >= 15 is 0 Å².